The molecule has 1 aliphatic heterocycles. The summed E-state index contributed by atoms with van der Waals surface area (Å²) in [6.45, 7) is 2.93. The molecule has 6 heteroatoms. The summed E-state index contributed by atoms with van der Waals surface area (Å²) in [5, 5.41) is 10.8. The third-order valence-electron chi connectivity index (χ3n) is 2.68. The zero-order valence-electron chi connectivity index (χ0n) is 9.98. The highest BCUT2D eigenvalue weighted by Crippen LogP contribution is 2.19. The Morgan fingerprint density at radius 2 is 1.94 bits per heavy atom. The van der Waals surface area contributed by atoms with Gasteiger partial charge in [0.1, 0.15) is 0 Å². The second-order valence-corrected chi connectivity index (χ2v) is 4.05. The van der Waals surface area contributed by atoms with E-state index in [9.17, 15) is 9.59 Å². The van der Waals surface area contributed by atoms with Crippen LogP contribution < -0.4 is 5.32 Å². The van der Waals surface area contributed by atoms with E-state index in [1.165, 1.54) is 0 Å². The molecule has 1 rings (SSSR count). The van der Waals surface area contributed by atoms with Crippen LogP contribution >= 0.6 is 0 Å². The van der Waals surface area contributed by atoms with Crippen molar-refractivity contribution in [2.24, 2.45) is 5.92 Å². The van der Waals surface area contributed by atoms with Gasteiger partial charge in [-0.15, -0.1) is 0 Å². The van der Waals surface area contributed by atoms with Gasteiger partial charge in [-0.1, -0.05) is 0 Å². The third kappa shape index (κ3) is 5.25. The van der Waals surface area contributed by atoms with Gasteiger partial charge in [-0.2, -0.15) is 0 Å². The molecule has 17 heavy (non-hydrogen) atoms. The molecule has 1 saturated heterocycles. The SMILES string of the molecule is CC(OCCOCCO)C1CC(=O)NC(=O)C1. The van der Waals surface area contributed by atoms with E-state index >= 15 is 0 Å². The Morgan fingerprint density at radius 3 is 2.53 bits per heavy atom. The van der Waals surface area contributed by atoms with E-state index < -0.39 is 0 Å². The van der Waals surface area contributed by atoms with E-state index in [4.69, 9.17) is 14.6 Å². The standard InChI is InChI=1S/C11H19NO5/c1-8(17-5-4-16-3-2-13)9-6-10(14)12-11(15)7-9/h8-9,13H,2-7H2,1H3,(H,12,14,15). The van der Waals surface area contributed by atoms with Crippen LogP contribution in [0.4, 0.5) is 0 Å². The van der Waals surface area contributed by atoms with Crippen LogP contribution in [0, 0.1) is 5.92 Å². The van der Waals surface area contributed by atoms with Crippen LogP contribution in [0.3, 0.4) is 0 Å². The second kappa shape index (κ2) is 7.37. The molecule has 0 aromatic rings. The Morgan fingerprint density at radius 1 is 1.29 bits per heavy atom. The van der Waals surface area contributed by atoms with E-state index in [1.807, 2.05) is 6.92 Å². The maximum atomic E-state index is 11.2. The molecular weight excluding hydrogens is 226 g/mol. The Balaban J connectivity index is 2.20. The summed E-state index contributed by atoms with van der Waals surface area (Å²) >= 11 is 0. The first-order valence-electron chi connectivity index (χ1n) is 5.76. The lowest BCUT2D eigenvalue weighted by molar-refractivity contribution is -0.137. The van der Waals surface area contributed by atoms with Gasteiger partial charge in [0.2, 0.25) is 11.8 Å². The van der Waals surface area contributed by atoms with Gasteiger partial charge in [0, 0.05) is 18.8 Å². The Labute approximate surface area is 100 Å². The second-order valence-electron chi connectivity index (χ2n) is 4.05. The highest BCUT2D eigenvalue weighted by molar-refractivity contribution is 5.97. The molecule has 0 aromatic carbocycles. The Kier molecular flexibility index (Phi) is 6.10. The number of carbonyl (C=O) groups is 2. The Hall–Kier alpha value is -0.980. The number of aliphatic hydroxyl groups is 1. The first-order chi connectivity index (χ1) is 8.13. The highest BCUT2D eigenvalue weighted by atomic mass is 16.5. The number of ether oxygens (including phenoxy) is 2. The van der Waals surface area contributed by atoms with Gasteiger partial charge in [0.05, 0.1) is 32.5 Å². The largest absolute Gasteiger partial charge is 0.394 e. The average Bonchev–Trinajstić information content (AvgIpc) is 2.27. The van der Waals surface area contributed by atoms with Gasteiger partial charge >= 0.3 is 0 Å². The predicted molar refractivity (Wildman–Crippen MR) is 59.2 cm³/mol. The van der Waals surface area contributed by atoms with Crippen LogP contribution in [0.1, 0.15) is 19.8 Å². The summed E-state index contributed by atoms with van der Waals surface area (Å²) in [6.07, 6.45) is 0.497. The fourth-order valence-corrected chi connectivity index (χ4v) is 1.73. The number of rotatable bonds is 7. The lowest BCUT2D eigenvalue weighted by atomic mass is 9.92. The lowest BCUT2D eigenvalue weighted by Gasteiger charge is -2.26. The summed E-state index contributed by atoms with van der Waals surface area (Å²) in [4.78, 5) is 22.3. The van der Waals surface area contributed by atoms with Crippen molar-refractivity contribution in [3.8, 4) is 0 Å². The molecule has 1 unspecified atom stereocenters. The summed E-state index contributed by atoms with van der Waals surface area (Å²) in [5.41, 5.74) is 0. The van der Waals surface area contributed by atoms with E-state index in [-0.39, 0.29) is 30.4 Å². The van der Waals surface area contributed by atoms with Gasteiger partial charge in [-0.05, 0) is 6.92 Å². The van der Waals surface area contributed by atoms with Crippen LogP contribution in [-0.2, 0) is 19.1 Å². The molecule has 1 atom stereocenters. The maximum Gasteiger partial charge on any atom is 0.226 e. The fraction of sp³-hybridized carbons (Fsp3) is 0.818. The van der Waals surface area contributed by atoms with Crippen molar-refractivity contribution in [1.82, 2.24) is 5.32 Å². The number of aliphatic hydroxyl groups excluding tert-OH is 1. The van der Waals surface area contributed by atoms with Crippen molar-refractivity contribution >= 4 is 11.8 Å². The van der Waals surface area contributed by atoms with Crippen molar-refractivity contribution in [2.45, 2.75) is 25.9 Å². The van der Waals surface area contributed by atoms with Crippen LogP contribution in [0.5, 0.6) is 0 Å². The van der Waals surface area contributed by atoms with Gasteiger partial charge in [0.15, 0.2) is 0 Å². The molecule has 0 spiro atoms. The van der Waals surface area contributed by atoms with E-state index in [0.29, 0.717) is 32.7 Å². The van der Waals surface area contributed by atoms with Crippen LogP contribution in [0.25, 0.3) is 0 Å². The van der Waals surface area contributed by atoms with Gasteiger partial charge in [-0.25, -0.2) is 0 Å². The first-order valence-corrected chi connectivity index (χ1v) is 5.76. The van der Waals surface area contributed by atoms with Crippen molar-refractivity contribution in [3.05, 3.63) is 0 Å². The number of hydrogen-bond donors (Lipinski definition) is 2. The number of hydrogen-bond acceptors (Lipinski definition) is 5. The number of amides is 2. The normalized spacial score (nSPS) is 19.2. The molecule has 1 heterocycles. The quantitative estimate of drug-likeness (QED) is 0.464. The molecule has 0 radical (unpaired) electrons. The lowest BCUT2D eigenvalue weighted by Crippen LogP contribution is -2.42. The van der Waals surface area contributed by atoms with Crippen molar-refractivity contribution in [3.63, 3.8) is 0 Å². The minimum Gasteiger partial charge on any atom is -0.394 e. The van der Waals surface area contributed by atoms with Gasteiger partial charge < -0.3 is 14.6 Å². The van der Waals surface area contributed by atoms with Crippen LogP contribution in [0.2, 0.25) is 0 Å². The third-order valence-corrected chi connectivity index (χ3v) is 2.68. The fourth-order valence-electron chi connectivity index (χ4n) is 1.73. The average molecular weight is 245 g/mol. The zero-order valence-corrected chi connectivity index (χ0v) is 9.98. The molecule has 1 aliphatic rings. The molecule has 2 amide bonds. The summed E-state index contributed by atoms with van der Waals surface area (Å²) in [7, 11) is 0. The van der Waals surface area contributed by atoms with E-state index in [0.717, 1.165) is 0 Å². The number of piperidine rings is 1. The highest BCUT2D eigenvalue weighted by Gasteiger charge is 2.29. The van der Waals surface area contributed by atoms with Gasteiger partial charge in [0.25, 0.3) is 0 Å². The minimum absolute atomic E-state index is 0.00709. The molecular formula is C11H19NO5. The monoisotopic (exact) mass is 245 g/mol. The number of imide groups is 1. The summed E-state index contributed by atoms with van der Waals surface area (Å²) < 4.78 is 10.5. The first kappa shape index (κ1) is 14.1. The molecule has 6 nitrogen and oxygen atoms in total. The smallest absolute Gasteiger partial charge is 0.226 e. The van der Waals surface area contributed by atoms with Crippen molar-refractivity contribution in [1.29, 1.82) is 0 Å². The summed E-state index contributed by atoms with van der Waals surface area (Å²) in [5.74, 6) is -0.537. The van der Waals surface area contributed by atoms with Crippen molar-refractivity contribution in [2.75, 3.05) is 26.4 Å². The molecule has 98 valence electrons. The molecule has 0 bridgehead atoms. The number of nitrogens with one attached hydrogen (secondary N) is 1. The van der Waals surface area contributed by atoms with Crippen LogP contribution in [-0.4, -0.2) is 49.5 Å². The topological polar surface area (TPSA) is 84.9 Å². The van der Waals surface area contributed by atoms with E-state index in [2.05, 4.69) is 5.32 Å². The zero-order chi connectivity index (χ0) is 12.7. The molecule has 2 N–H and O–H groups in total. The van der Waals surface area contributed by atoms with Gasteiger partial charge in [-0.3, -0.25) is 14.9 Å². The maximum absolute atomic E-state index is 11.2. The van der Waals surface area contributed by atoms with Crippen LogP contribution in [0.15, 0.2) is 0 Å². The number of carbonyl (C=O) groups excluding carboxylic acids is 2. The van der Waals surface area contributed by atoms with E-state index in [1.54, 1.807) is 0 Å². The van der Waals surface area contributed by atoms with Crippen molar-refractivity contribution < 1.29 is 24.2 Å². The molecule has 0 saturated carbocycles. The minimum atomic E-state index is -0.238. The Bertz CT molecular complexity index is 253. The molecule has 0 aliphatic carbocycles. The summed E-state index contributed by atoms with van der Waals surface area (Å²) in [6, 6.07) is 0. The molecule has 1 fully saturated rings. The molecule has 0 aromatic heterocycles. The predicted octanol–water partition coefficient (Wildman–Crippen LogP) is -0.547.